The zero-order valence-corrected chi connectivity index (χ0v) is 22.3. The lowest BCUT2D eigenvalue weighted by Gasteiger charge is -2.39. The fourth-order valence-electron chi connectivity index (χ4n) is 3.69. The molecule has 0 aromatic heterocycles. The molecule has 3 unspecified atom stereocenters. The van der Waals surface area contributed by atoms with Crippen molar-refractivity contribution in [2.24, 2.45) is 11.8 Å². The van der Waals surface area contributed by atoms with Gasteiger partial charge in [-0.1, -0.05) is 22.8 Å². The van der Waals surface area contributed by atoms with Gasteiger partial charge < -0.3 is 5.32 Å². The standard InChI is InChI=1S/C19H33IN2O3S3/c1-12(2)14-9-15(23)22(16(14)24)18(3,4)11-19(5,26)17(25)21-13(10-28-20)7-8-27-6/h12-14,26H,7-11H2,1-6H3,(H,21,25). The van der Waals surface area contributed by atoms with Crippen molar-refractivity contribution in [2.75, 3.05) is 17.8 Å². The summed E-state index contributed by atoms with van der Waals surface area (Å²) in [5, 5.41) is 3.11. The first-order chi connectivity index (χ1) is 12.9. The first-order valence-electron chi connectivity index (χ1n) is 9.50. The number of nitrogens with one attached hydrogen (secondary N) is 1. The summed E-state index contributed by atoms with van der Waals surface area (Å²) < 4.78 is -0.993. The molecule has 0 saturated carbocycles. The van der Waals surface area contributed by atoms with Crippen LogP contribution in [0.25, 0.3) is 0 Å². The van der Waals surface area contributed by atoms with Gasteiger partial charge in [0.2, 0.25) is 17.7 Å². The smallest absolute Gasteiger partial charge is 0.236 e. The van der Waals surface area contributed by atoms with E-state index in [0.717, 1.165) is 17.9 Å². The van der Waals surface area contributed by atoms with Crippen LogP contribution in [0.3, 0.4) is 0 Å². The van der Waals surface area contributed by atoms with Crippen LogP contribution in [0.4, 0.5) is 0 Å². The Morgan fingerprint density at radius 2 is 1.96 bits per heavy atom. The number of amides is 3. The average molecular weight is 561 g/mol. The van der Waals surface area contributed by atoms with Gasteiger partial charge in [0.1, 0.15) is 0 Å². The van der Waals surface area contributed by atoms with Gasteiger partial charge in [0, 0.05) is 29.7 Å². The predicted octanol–water partition coefficient (Wildman–Crippen LogP) is 4.20. The molecule has 5 nitrogen and oxygen atoms in total. The topological polar surface area (TPSA) is 66.5 Å². The summed E-state index contributed by atoms with van der Waals surface area (Å²) >= 11 is 8.64. The number of carbonyl (C=O) groups excluding carboxylic acids is 3. The number of hydrogen-bond donors (Lipinski definition) is 2. The number of carbonyl (C=O) groups is 3. The lowest BCUT2D eigenvalue weighted by molar-refractivity contribution is -0.147. The molecule has 1 rings (SSSR count). The highest BCUT2D eigenvalue weighted by atomic mass is 127. The van der Waals surface area contributed by atoms with Gasteiger partial charge in [-0.25, -0.2) is 0 Å². The van der Waals surface area contributed by atoms with E-state index in [1.807, 2.05) is 27.7 Å². The van der Waals surface area contributed by atoms with E-state index in [1.165, 1.54) is 4.90 Å². The quantitative estimate of drug-likeness (QED) is 0.225. The Hall–Kier alpha value is 0.390. The van der Waals surface area contributed by atoms with Crippen molar-refractivity contribution < 1.29 is 14.4 Å². The largest absolute Gasteiger partial charge is 0.351 e. The maximum Gasteiger partial charge on any atom is 0.236 e. The zero-order chi connectivity index (χ0) is 21.7. The molecule has 1 N–H and O–H groups in total. The molecule has 1 aliphatic rings. The summed E-state index contributed by atoms with van der Waals surface area (Å²) in [6.45, 7) is 9.38. The van der Waals surface area contributed by atoms with Gasteiger partial charge in [0.25, 0.3) is 0 Å². The second kappa shape index (κ2) is 11.1. The molecule has 28 heavy (non-hydrogen) atoms. The third-order valence-electron chi connectivity index (χ3n) is 5.13. The van der Waals surface area contributed by atoms with Crippen LogP contribution in [0.1, 0.15) is 53.9 Å². The molecule has 9 heteroatoms. The fourth-order valence-corrected chi connectivity index (χ4v) is 6.36. The Bertz CT molecular complexity index is 585. The van der Waals surface area contributed by atoms with E-state index in [4.69, 9.17) is 0 Å². The third-order valence-corrected chi connectivity index (χ3v) is 7.74. The minimum absolute atomic E-state index is 0.0804. The molecule has 3 atom stereocenters. The first-order valence-corrected chi connectivity index (χ1v) is 14.9. The maximum absolute atomic E-state index is 12.9. The van der Waals surface area contributed by atoms with Crippen molar-refractivity contribution in [3.63, 3.8) is 0 Å². The van der Waals surface area contributed by atoms with Gasteiger partial charge in [0.05, 0.1) is 4.75 Å². The van der Waals surface area contributed by atoms with Crippen LogP contribution in [0.5, 0.6) is 0 Å². The number of thioether (sulfide) groups is 1. The van der Waals surface area contributed by atoms with Crippen molar-refractivity contribution in [1.29, 1.82) is 0 Å². The Morgan fingerprint density at radius 1 is 1.36 bits per heavy atom. The number of rotatable bonds is 11. The van der Waals surface area contributed by atoms with Gasteiger partial charge in [-0.15, -0.1) is 0 Å². The molecule has 0 aliphatic carbocycles. The fraction of sp³-hybridized carbons (Fsp3) is 0.842. The minimum atomic E-state index is -0.993. The molecular formula is C19H33IN2O3S3. The lowest BCUT2D eigenvalue weighted by atomic mass is 9.88. The van der Waals surface area contributed by atoms with Gasteiger partial charge >= 0.3 is 0 Å². The molecule has 162 valence electrons. The van der Waals surface area contributed by atoms with Gasteiger partial charge in [-0.05, 0) is 72.7 Å². The maximum atomic E-state index is 12.9. The van der Waals surface area contributed by atoms with Crippen molar-refractivity contribution in [2.45, 2.75) is 70.2 Å². The van der Waals surface area contributed by atoms with E-state index in [2.05, 4.69) is 45.4 Å². The molecule has 0 spiro atoms. The van der Waals surface area contributed by atoms with Crippen LogP contribution in [0.15, 0.2) is 0 Å². The molecule has 1 heterocycles. The van der Waals surface area contributed by atoms with E-state index in [9.17, 15) is 14.4 Å². The number of imide groups is 1. The SMILES string of the molecule is CSCCC(CSI)NC(=O)C(C)(S)CC(C)(C)N1C(=O)CC(C(C)C)C1=O. The number of hydrogen-bond acceptors (Lipinski definition) is 6. The third kappa shape index (κ3) is 6.97. The van der Waals surface area contributed by atoms with Crippen molar-refractivity contribution in [3.8, 4) is 0 Å². The summed E-state index contributed by atoms with van der Waals surface area (Å²) in [4.78, 5) is 39.7. The molecule has 0 radical (unpaired) electrons. The lowest BCUT2D eigenvalue weighted by Crippen LogP contribution is -2.55. The van der Waals surface area contributed by atoms with Crippen molar-refractivity contribution >= 4 is 72.3 Å². The minimum Gasteiger partial charge on any atom is -0.351 e. The monoisotopic (exact) mass is 560 g/mol. The highest BCUT2D eigenvalue weighted by Crippen LogP contribution is 2.37. The van der Waals surface area contributed by atoms with Crippen LogP contribution in [-0.2, 0) is 14.4 Å². The Kier molecular flexibility index (Phi) is 10.5. The summed E-state index contributed by atoms with van der Waals surface area (Å²) in [6.07, 6.45) is 3.49. The summed E-state index contributed by atoms with van der Waals surface area (Å²) in [6, 6.07) is 0.0804. The van der Waals surface area contributed by atoms with Crippen LogP contribution in [-0.4, -0.2) is 56.7 Å². The molecule has 0 aromatic rings. The number of thiol groups is 1. The average Bonchev–Trinajstić information content (AvgIpc) is 2.87. The summed E-state index contributed by atoms with van der Waals surface area (Å²) in [5.74, 6) is 1.21. The molecule has 1 fully saturated rings. The van der Waals surface area contributed by atoms with Gasteiger partial charge in [-0.3, -0.25) is 19.3 Å². The highest BCUT2D eigenvalue weighted by molar-refractivity contribution is 14.2. The Morgan fingerprint density at radius 3 is 2.43 bits per heavy atom. The predicted molar refractivity (Wildman–Crippen MR) is 132 cm³/mol. The molecule has 0 bridgehead atoms. The van der Waals surface area contributed by atoms with E-state index in [1.54, 1.807) is 27.6 Å². The van der Waals surface area contributed by atoms with Crippen LogP contribution in [0, 0.1) is 11.8 Å². The molecule has 1 saturated heterocycles. The van der Waals surface area contributed by atoms with Crippen LogP contribution < -0.4 is 5.32 Å². The molecule has 0 aromatic carbocycles. The molecular weight excluding hydrogens is 527 g/mol. The molecule has 3 amide bonds. The van der Waals surface area contributed by atoms with Crippen molar-refractivity contribution in [1.82, 2.24) is 10.2 Å². The first kappa shape index (κ1) is 26.4. The van der Waals surface area contributed by atoms with E-state index in [0.29, 0.717) is 6.42 Å². The number of halogens is 1. The van der Waals surface area contributed by atoms with Crippen LogP contribution >= 0.6 is 54.5 Å². The van der Waals surface area contributed by atoms with E-state index < -0.39 is 10.3 Å². The van der Waals surface area contributed by atoms with Crippen molar-refractivity contribution in [3.05, 3.63) is 0 Å². The number of nitrogens with zero attached hydrogens (tertiary/aromatic N) is 1. The number of likely N-dealkylation sites (tertiary alicyclic amines) is 1. The highest BCUT2D eigenvalue weighted by Gasteiger charge is 2.49. The molecule has 1 aliphatic heterocycles. The second-order valence-corrected chi connectivity index (χ2v) is 13.0. The van der Waals surface area contributed by atoms with E-state index in [-0.39, 0.29) is 42.0 Å². The Labute approximate surface area is 195 Å². The zero-order valence-electron chi connectivity index (χ0n) is 17.6. The normalized spacial score (nSPS) is 21.2. The van der Waals surface area contributed by atoms with Gasteiger partial charge in [0.15, 0.2) is 0 Å². The van der Waals surface area contributed by atoms with E-state index >= 15 is 0 Å². The summed E-state index contributed by atoms with van der Waals surface area (Å²) in [7, 11) is 1.67. The van der Waals surface area contributed by atoms with Crippen LogP contribution in [0.2, 0.25) is 0 Å². The summed E-state index contributed by atoms with van der Waals surface area (Å²) in [5.41, 5.74) is -0.779. The van der Waals surface area contributed by atoms with Gasteiger partial charge in [-0.2, -0.15) is 24.4 Å². The Balaban J connectivity index is 2.89. The second-order valence-electron chi connectivity index (χ2n) is 8.61.